The third-order valence-corrected chi connectivity index (χ3v) is 6.39. The maximum atomic E-state index is 13.6. The van der Waals surface area contributed by atoms with E-state index in [2.05, 4.69) is 10.2 Å². The zero-order valence-electron chi connectivity index (χ0n) is 18.0. The van der Waals surface area contributed by atoms with Gasteiger partial charge in [0.05, 0.1) is 30.3 Å². The first-order chi connectivity index (χ1) is 16.2. The van der Waals surface area contributed by atoms with Crippen molar-refractivity contribution in [3.05, 3.63) is 90.8 Å². The molecule has 0 unspecified atom stereocenters. The van der Waals surface area contributed by atoms with Gasteiger partial charge >= 0.3 is 0 Å². The van der Waals surface area contributed by atoms with Gasteiger partial charge in [-0.2, -0.15) is 0 Å². The van der Waals surface area contributed by atoms with Crippen LogP contribution in [0.15, 0.2) is 90.3 Å². The number of thioether (sulfide) groups is 1. The zero-order chi connectivity index (χ0) is 22.6. The molecule has 4 aromatic rings. The number of nitrogens with zero attached hydrogens (tertiary/aromatic N) is 4. The quantitative estimate of drug-likeness (QED) is 0.395. The molecule has 0 radical (unpaired) electrons. The molecule has 0 N–H and O–H groups in total. The number of carbonyl (C=O) groups excluding carboxylic acids is 1. The Morgan fingerprint density at radius 1 is 1.09 bits per heavy atom. The van der Waals surface area contributed by atoms with E-state index in [9.17, 15) is 4.79 Å². The summed E-state index contributed by atoms with van der Waals surface area (Å²) in [6.07, 6.45) is 1.64. The van der Waals surface area contributed by atoms with Gasteiger partial charge in [0.15, 0.2) is 5.16 Å². The van der Waals surface area contributed by atoms with E-state index in [1.165, 1.54) is 11.8 Å². The lowest BCUT2D eigenvalue weighted by Crippen LogP contribution is -2.42. The number of benzene rings is 3. The van der Waals surface area contributed by atoms with Crippen molar-refractivity contribution in [1.82, 2.24) is 14.8 Å². The fraction of sp³-hybridized carbons (Fsp3) is 0.160. The number of hydrogen-bond donors (Lipinski definition) is 0. The van der Waals surface area contributed by atoms with Crippen molar-refractivity contribution < 1.29 is 14.3 Å². The molecule has 1 amide bonds. The summed E-state index contributed by atoms with van der Waals surface area (Å²) in [7, 11) is 1.63. The molecule has 1 atom stereocenters. The lowest BCUT2D eigenvalue weighted by molar-refractivity contribution is -0.117. The van der Waals surface area contributed by atoms with E-state index in [-0.39, 0.29) is 17.7 Å². The first-order valence-electron chi connectivity index (χ1n) is 10.5. The van der Waals surface area contributed by atoms with Crippen LogP contribution < -0.4 is 14.4 Å². The molecule has 0 bridgehead atoms. The van der Waals surface area contributed by atoms with Gasteiger partial charge in [0, 0.05) is 6.07 Å². The number of para-hydroxylation sites is 2. The van der Waals surface area contributed by atoms with Crippen LogP contribution in [0.3, 0.4) is 0 Å². The highest BCUT2D eigenvalue weighted by Crippen LogP contribution is 2.39. The molecule has 0 saturated carbocycles. The Labute approximate surface area is 196 Å². The van der Waals surface area contributed by atoms with E-state index in [0.29, 0.717) is 17.5 Å². The second kappa shape index (κ2) is 9.38. The molecule has 8 heteroatoms. The predicted octanol–water partition coefficient (Wildman–Crippen LogP) is 4.53. The number of anilines is 1. The molecule has 0 saturated heterocycles. The van der Waals surface area contributed by atoms with E-state index < -0.39 is 0 Å². The van der Waals surface area contributed by atoms with Gasteiger partial charge in [0.25, 0.3) is 0 Å². The smallest absolute Gasteiger partial charge is 0.238 e. The molecule has 0 spiro atoms. The van der Waals surface area contributed by atoms with Gasteiger partial charge in [-0.1, -0.05) is 60.3 Å². The Balaban J connectivity index is 1.40. The third-order valence-electron chi connectivity index (χ3n) is 5.46. The molecule has 5 rings (SSSR count). The molecule has 0 fully saturated rings. The van der Waals surface area contributed by atoms with Crippen molar-refractivity contribution in [2.24, 2.45) is 0 Å². The highest BCUT2D eigenvalue weighted by Gasteiger charge is 2.33. The molecule has 0 aliphatic carbocycles. The second-order valence-electron chi connectivity index (χ2n) is 7.44. The van der Waals surface area contributed by atoms with Crippen molar-refractivity contribution in [3.63, 3.8) is 0 Å². The topological polar surface area (TPSA) is 69.5 Å². The van der Waals surface area contributed by atoms with E-state index in [1.807, 2.05) is 88.3 Å². The van der Waals surface area contributed by atoms with Crippen LogP contribution in [0.1, 0.15) is 11.6 Å². The number of fused-ring (bicyclic) bond motifs is 1. The molecule has 33 heavy (non-hydrogen) atoms. The molecular formula is C25H22N4O3S. The van der Waals surface area contributed by atoms with Crippen LogP contribution in [0.5, 0.6) is 11.5 Å². The van der Waals surface area contributed by atoms with E-state index >= 15 is 0 Å². The average molecular weight is 459 g/mol. The Hall–Kier alpha value is -3.78. The summed E-state index contributed by atoms with van der Waals surface area (Å²) in [5.74, 6) is 1.64. The summed E-state index contributed by atoms with van der Waals surface area (Å²) in [5.41, 5.74) is 2.68. The minimum atomic E-state index is -0.203. The number of carbonyl (C=O) groups is 1. The maximum absolute atomic E-state index is 13.6. The zero-order valence-corrected chi connectivity index (χ0v) is 18.8. The summed E-state index contributed by atoms with van der Waals surface area (Å²) < 4.78 is 13.2. The fourth-order valence-electron chi connectivity index (χ4n) is 3.87. The van der Waals surface area contributed by atoms with Crippen LogP contribution in [-0.4, -0.2) is 40.1 Å². The van der Waals surface area contributed by atoms with Crippen LogP contribution in [0, 0.1) is 0 Å². The van der Waals surface area contributed by atoms with Crippen LogP contribution in [0.4, 0.5) is 5.69 Å². The van der Waals surface area contributed by atoms with Gasteiger partial charge in [-0.3, -0.25) is 14.3 Å². The Kier molecular flexibility index (Phi) is 5.99. The number of aromatic nitrogens is 3. The van der Waals surface area contributed by atoms with Gasteiger partial charge < -0.3 is 9.47 Å². The molecule has 1 aromatic heterocycles. The van der Waals surface area contributed by atoms with E-state index in [4.69, 9.17) is 9.47 Å². The highest BCUT2D eigenvalue weighted by atomic mass is 32.2. The lowest BCUT2D eigenvalue weighted by atomic mass is 10.0. The number of rotatable bonds is 6. The van der Waals surface area contributed by atoms with Crippen molar-refractivity contribution in [2.75, 3.05) is 24.4 Å². The van der Waals surface area contributed by atoms with Crippen molar-refractivity contribution in [2.45, 2.75) is 11.2 Å². The molecule has 3 aromatic carbocycles. The largest absolute Gasteiger partial charge is 0.497 e. The van der Waals surface area contributed by atoms with Gasteiger partial charge in [-0.05, 0) is 29.8 Å². The summed E-state index contributed by atoms with van der Waals surface area (Å²) in [4.78, 5) is 15.4. The summed E-state index contributed by atoms with van der Waals surface area (Å²) >= 11 is 1.35. The molecule has 166 valence electrons. The van der Waals surface area contributed by atoms with Gasteiger partial charge in [-0.25, -0.2) is 0 Å². The molecule has 1 aliphatic heterocycles. The van der Waals surface area contributed by atoms with Crippen LogP contribution in [-0.2, 0) is 4.79 Å². The first-order valence-corrected chi connectivity index (χ1v) is 11.5. The molecule has 2 heterocycles. The lowest BCUT2D eigenvalue weighted by Gasteiger charge is -2.37. The summed E-state index contributed by atoms with van der Waals surface area (Å²) in [6, 6.07) is 25.0. The SMILES string of the molecule is COc1cccc(-n2cnnc2SCC(=O)N2c3ccccc3OC[C@H]2c2ccccc2)c1. The number of methoxy groups -OCH3 is 1. The summed E-state index contributed by atoms with van der Waals surface area (Å²) in [6.45, 7) is 0.400. The molecular weight excluding hydrogens is 436 g/mol. The highest BCUT2D eigenvalue weighted by molar-refractivity contribution is 7.99. The Bertz CT molecular complexity index is 1260. The Morgan fingerprint density at radius 3 is 2.76 bits per heavy atom. The normalized spacial score (nSPS) is 14.9. The van der Waals surface area contributed by atoms with Crippen LogP contribution in [0.25, 0.3) is 5.69 Å². The number of hydrogen-bond acceptors (Lipinski definition) is 6. The van der Waals surface area contributed by atoms with E-state index in [0.717, 1.165) is 22.7 Å². The standard InChI is InChI=1S/C25H22N4O3S/c1-31-20-11-7-10-19(14-20)28-17-26-27-25(28)33-16-24(30)29-21-12-5-6-13-23(21)32-15-22(29)18-8-3-2-4-9-18/h2-14,17,22H,15-16H2,1H3/t22-/m0/s1. The maximum Gasteiger partial charge on any atom is 0.238 e. The monoisotopic (exact) mass is 458 g/mol. The first kappa shape index (κ1) is 21.1. The minimum absolute atomic E-state index is 0.0233. The van der Waals surface area contributed by atoms with Crippen LogP contribution >= 0.6 is 11.8 Å². The minimum Gasteiger partial charge on any atom is -0.497 e. The number of ether oxygens (including phenoxy) is 2. The van der Waals surface area contributed by atoms with Gasteiger partial charge in [0.1, 0.15) is 24.4 Å². The Morgan fingerprint density at radius 2 is 1.91 bits per heavy atom. The number of amides is 1. The fourth-order valence-corrected chi connectivity index (χ4v) is 4.66. The predicted molar refractivity (Wildman–Crippen MR) is 127 cm³/mol. The van der Waals surface area contributed by atoms with Crippen LogP contribution in [0.2, 0.25) is 0 Å². The molecule has 1 aliphatic rings. The summed E-state index contributed by atoms with van der Waals surface area (Å²) in [5, 5.41) is 8.91. The van der Waals surface area contributed by atoms with Crippen molar-refractivity contribution in [3.8, 4) is 17.2 Å². The molecule has 7 nitrogen and oxygen atoms in total. The third kappa shape index (κ3) is 4.29. The van der Waals surface area contributed by atoms with E-state index in [1.54, 1.807) is 13.4 Å². The van der Waals surface area contributed by atoms with Gasteiger partial charge in [-0.15, -0.1) is 10.2 Å². The van der Waals surface area contributed by atoms with Crippen molar-refractivity contribution in [1.29, 1.82) is 0 Å². The van der Waals surface area contributed by atoms with Crippen molar-refractivity contribution >= 4 is 23.4 Å². The average Bonchev–Trinajstić information content (AvgIpc) is 3.36. The van der Waals surface area contributed by atoms with Gasteiger partial charge in [0.2, 0.25) is 5.91 Å². The second-order valence-corrected chi connectivity index (χ2v) is 8.39.